The van der Waals surface area contributed by atoms with Crippen molar-refractivity contribution in [1.29, 1.82) is 0 Å². The zero-order valence-corrected chi connectivity index (χ0v) is 9.23. The molecule has 0 spiro atoms. The Kier molecular flexibility index (Phi) is 2.92. The van der Waals surface area contributed by atoms with Crippen molar-refractivity contribution in [3.8, 4) is 17.2 Å². The fraction of sp³-hybridized carbons (Fsp3) is 0.250. The van der Waals surface area contributed by atoms with Crippen LogP contribution in [0.1, 0.15) is 11.5 Å². The van der Waals surface area contributed by atoms with Crippen LogP contribution in [0, 0.1) is 6.92 Å². The summed E-state index contributed by atoms with van der Waals surface area (Å²) in [5.74, 6) is 1.66. The van der Waals surface area contributed by atoms with Crippen molar-refractivity contribution < 1.29 is 14.3 Å². The van der Waals surface area contributed by atoms with Crippen molar-refractivity contribution >= 4 is 0 Å². The number of hydrogen-bond acceptors (Lipinski definition) is 4. The number of aryl methyl sites for hydroxylation is 1. The number of methoxy groups -OCH3 is 1. The standard InChI is InChI=1S/C12H13NO3/c1-8-11(7-14)16-12(13-8)9-5-3-4-6-10(9)15-2/h3-6,14H,7H2,1-2H3. The molecule has 0 atom stereocenters. The summed E-state index contributed by atoms with van der Waals surface area (Å²) in [6.07, 6.45) is 0. The lowest BCUT2D eigenvalue weighted by Crippen LogP contribution is -1.87. The van der Waals surface area contributed by atoms with Crippen molar-refractivity contribution in [2.75, 3.05) is 7.11 Å². The summed E-state index contributed by atoms with van der Waals surface area (Å²) < 4.78 is 10.7. The van der Waals surface area contributed by atoms with E-state index in [2.05, 4.69) is 4.98 Å². The van der Waals surface area contributed by atoms with Gasteiger partial charge in [0.1, 0.15) is 12.4 Å². The van der Waals surface area contributed by atoms with Crippen LogP contribution in [0.4, 0.5) is 0 Å². The molecule has 1 aromatic heterocycles. The van der Waals surface area contributed by atoms with Crippen molar-refractivity contribution in [2.45, 2.75) is 13.5 Å². The molecule has 0 aliphatic carbocycles. The van der Waals surface area contributed by atoms with Crippen LogP contribution in [-0.4, -0.2) is 17.2 Å². The van der Waals surface area contributed by atoms with Crippen molar-refractivity contribution in [3.05, 3.63) is 35.7 Å². The molecule has 4 heteroatoms. The molecule has 1 aromatic carbocycles. The number of nitrogens with zero attached hydrogens (tertiary/aromatic N) is 1. The van der Waals surface area contributed by atoms with Crippen molar-refractivity contribution in [2.24, 2.45) is 0 Å². The lowest BCUT2D eigenvalue weighted by atomic mass is 10.2. The summed E-state index contributed by atoms with van der Waals surface area (Å²) in [7, 11) is 1.60. The molecule has 1 N–H and O–H groups in total. The van der Waals surface area contributed by atoms with Crippen LogP contribution in [-0.2, 0) is 6.61 Å². The highest BCUT2D eigenvalue weighted by molar-refractivity contribution is 5.62. The van der Waals surface area contributed by atoms with E-state index in [1.807, 2.05) is 24.3 Å². The van der Waals surface area contributed by atoms with Gasteiger partial charge in [-0.1, -0.05) is 12.1 Å². The van der Waals surface area contributed by atoms with E-state index in [9.17, 15) is 0 Å². The van der Waals surface area contributed by atoms with Gasteiger partial charge in [-0.15, -0.1) is 0 Å². The highest BCUT2D eigenvalue weighted by atomic mass is 16.5. The molecule has 1 heterocycles. The summed E-state index contributed by atoms with van der Waals surface area (Å²) in [6, 6.07) is 7.47. The summed E-state index contributed by atoms with van der Waals surface area (Å²) >= 11 is 0. The second kappa shape index (κ2) is 4.37. The van der Waals surface area contributed by atoms with Crippen LogP contribution in [0.5, 0.6) is 5.75 Å². The molecule has 0 amide bonds. The monoisotopic (exact) mass is 219 g/mol. The summed E-state index contributed by atoms with van der Waals surface area (Å²) in [5.41, 5.74) is 1.48. The Hall–Kier alpha value is -1.81. The van der Waals surface area contributed by atoms with Gasteiger partial charge in [0.25, 0.3) is 0 Å². The third kappa shape index (κ3) is 1.79. The smallest absolute Gasteiger partial charge is 0.230 e. The number of oxazole rings is 1. The van der Waals surface area contributed by atoms with Crippen LogP contribution in [0.15, 0.2) is 28.7 Å². The second-order valence-electron chi connectivity index (χ2n) is 3.39. The Labute approximate surface area is 93.5 Å². The normalized spacial score (nSPS) is 10.4. The van der Waals surface area contributed by atoms with Gasteiger partial charge in [0.2, 0.25) is 5.89 Å². The first-order valence-corrected chi connectivity index (χ1v) is 4.96. The quantitative estimate of drug-likeness (QED) is 0.859. The maximum atomic E-state index is 9.04. The van der Waals surface area contributed by atoms with E-state index in [0.717, 1.165) is 5.56 Å². The van der Waals surface area contributed by atoms with Crippen LogP contribution >= 0.6 is 0 Å². The van der Waals surface area contributed by atoms with Gasteiger partial charge in [-0.05, 0) is 19.1 Å². The Bertz CT molecular complexity index is 491. The summed E-state index contributed by atoms with van der Waals surface area (Å²) in [5, 5.41) is 9.04. The minimum absolute atomic E-state index is 0.145. The van der Waals surface area contributed by atoms with Crippen LogP contribution in [0.2, 0.25) is 0 Å². The lowest BCUT2D eigenvalue weighted by molar-refractivity contribution is 0.247. The predicted octanol–water partition coefficient (Wildman–Crippen LogP) is 2.15. The van der Waals surface area contributed by atoms with E-state index in [4.69, 9.17) is 14.3 Å². The minimum atomic E-state index is -0.145. The molecule has 0 radical (unpaired) electrons. The maximum Gasteiger partial charge on any atom is 0.230 e. The van der Waals surface area contributed by atoms with Gasteiger partial charge in [0.15, 0.2) is 5.76 Å². The number of ether oxygens (including phenoxy) is 1. The number of rotatable bonds is 3. The molecule has 0 unspecified atom stereocenters. The molecule has 0 aliphatic heterocycles. The molecule has 16 heavy (non-hydrogen) atoms. The van der Waals surface area contributed by atoms with E-state index in [1.54, 1.807) is 14.0 Å². The van der Waals surface area contributed by atoms with E-state index >= 15 is 0 Å². The second-order valence-corrected chi connectivity index (χ2v) is 3.39. The highest BCUT2D eigenvalue weighted by Gasteiger charge is 2.13. The Morgan fingerprint density at radius 3 is 2.75 bits per heavy atom. The first-order chi connectivity index (χ1) is 7.76. The van der Waals surface area contributed by atoms with Gasteiger partial charge in [-0.2, -0.15) is 0 Å². The Morgan fingerprint density at radius 1 is 1.38 bits per heavy atom. The largest absolute Gasteiger partial charge is 0.496 e. The van der Waals surface area contributed by atoms with Crippen molar-refractivity contribution in [1.82, 2.24) is 4.98 Å². The first-order valence-electron chi connectivity index (χ1n) is 4.96. The van der Waals surface area contributed by atoms with Gasteiger partial charge in [-0.25, -0.2) is 4.98 Å². The Morgan fingerprint density at radius 2 is 2.12 bits per heavy atom. The summed E-state index contributed by atoms with van der Waals surface area (Å²) in [4.78, 5) is 4.25. The molecule has 0 saturated carbocycles. The van der Waals surface area contributed by atoms with Gasteiger partial charge < -0.3 is 14.3 Å². The first kappa shape index (κ1) is 10.7. The van der Waals surface area contributed by atoms with Gasteiger partial charge in [0.05, 0.1) is 18.4 Å². The molecule has 2 rings (SSSR count). The molecule has 2 aromatic rings. The number of benzene rings is 1. The number of hydrogen-bond donors (Lipinski definition) is 1. The van der Waals surface area contributed by atoms with E-state index in [-0.39, 0.29) is 6.61 Å². The highest BCUT2D eigenvalue weighted by Crippen LogP contribution is 2.30. The fourth-order valence-corrected chi connectivity index (χ4v) is 1.51. The molecule has 0 fully saturated rings. The zero-order valence-electron chi connectivity index (χ0n) is 9.23. The molecular formula is C12H13NO3. The SMILES string of the molecule is COc1ccccc1-c1nc(C)c(CO)o1. The lowest BCUT2D eigenvalue weighted by Gasteiger charge is -2.03. The number of aromatic nitrogens is 1. The third-order valence-corrected chi connectivity index (χ3v) is 2.37. The summed E-state index contributed by atoms with van der Waals surface area (Å²) in [6.45, 7) is 1.65. The van der Waals surface area contributed by atoms with E-state index in [0.29, 0.717) is 23.1 Å². The zero-order chi connectivity index (χ0) is 11.5. The fourth-order valence-electron chi connectivity index (χ4n) is 1.51. The van der Waals surface area contributed by atoms with Gasteiger partial charge in [0, 0.05) is 0 Å². The molecule has 0 saturated heterocycles. The average Bonchev–Trinajstić information content (AvgIpc) is 2.70. The number of aliphatic hydroxyl groups is 1. The van der Waals surface area contributed by atoms with E-state index in [1.165, 1.54) is 0 Å². The predicted molar refractivity (Wildman–Crippen MR) is 59.2 cm³/mol. The third-order valence-electron chi connectivity index (χ3n) is 2.37. The van der Waals surface area contributed by atoms with Gasteiger partial charge in [-0.3, -0.25) is 0 Å². The molecule has 4 nitrogen and oxygen atoms in total. The average molecular weight is 219 g/mol. The molecular weight excluding hydrogens is 206 g/mol. The molecule has 84 valence electrons. The van der Waals surface area contributed by atoms with E-state index < -0.39 is 0 Å². The van der Waals surface area contributed by atoms with Crippen molar-refractivity contribution in [3.63, 3.8) is 0 Å². The molecule has 0 bridgehead atoms. The van der Waals surface area contributed by atoms with Crippen LogP contribution in [0.3, 0.4) is 0 Å². The topological polar surface area (TPSA) is 55.5 Å². The van der Waals surface area contributed by atoms with Gasteiger partial charge >= 0.3 is 0 Å². The molecule has 0 aliphatic rings. The number of para-hydroxylation sites is 1. The van der Waals surface area contributed by atoms with Crippen LogP contribution < -0.4 is 4.74 Å². The maximum absolute atomic E-state index is 9.04. The van der Waals surface area contributed by atoms with Crippen LogP contribution in [0.25, 0.3) is 11.5 Å². The Balaban J connectivity index is 2.49. The minimum Gasteiger partial charge on any atom is -0.496 e. The number of aliphatic hydroxyl groups excluding tert-OH is 1.